The van der Waals surface area contributed by atoms with Gasteiger partial charge in [-0.25, -0.2) is 4.98 Å². The van der Waals surface area contributed by atoms with Gasteiger partial charge in [0.2, 0.25) is 5.88 Å². The predicted octanol–water partition coefficient (Wildman–Crippen LogP) is 2.84. The molecule has 0 unspecified atom stereocenters. The van der Waals surface area contributed by atoms with Crippen molar-refractivity contribution < 1.29 is 9.53 Å². The second kappa shape index (κ2) is 6.58. The van der Waals surface area contributed by atoms with Crippen molar-refractivity contribution in [1.82, 2.24) is 19.7 Å². The highest BCUT2D eigenvalue weighted by Crippen LogP contribution is 2.33. The Bertz CT molecular complexity index is 716. The number of carbonyl (C=O) groups excluding carboxylic acids is 1. The number of ether oxygens (including phenoxy) is 1. The number of hydrogen-bond donors (Lipinski definition) is 0. The van der Waals surface area contributed by atoms with Crippen molar-refractivity contribution in [3.05, 3.63) is 40.8 Å². The number of amides is 1. The SMILES string of the molecule is CCOc1ccc(Cl)c(C(=O)N2CCC[C@@H]2c2cnn(C)c2)n1. The smallest absolute Gasteiger partial charge is 0.274 e. The summed E-state index contributed by atoms with van der Waals surface area (Å²) in [5.41, 5.74) is 1.28. The molecule has 0 saturated carbocycles. The molecule has 1 amide bonds. The van der Waals surface area contributed by atoms with Crippen molar-refractivity contribution >= 4 is 17.5 Å². The van der Waals surface area contributed by atoms with Crippen molar-refractivity contribution in [3.63, 3.8) is 0 Å². The number of likely N-dealkylation sites (tertiary alicyclic amines) is 1. The van der Waals surface area contributed by atoms with Crippen LogP contribution in [-0.2, 0) is 7.05 Å². The molecule has 2 aromatic rings. The predicted molar refractivity (Wildman–Crippen MR) is 86.6 cm³/mol. The van der Waals surface area contributed by atoms with Crippen molar-refractivity contribution in [2.75, 3.05) is 13.2 Å². The number of hydrogen-bond acceptors (Lipinski definition) is 4. The Labute approximate surface area is 140 Å². The van der Waals surface area contributed by atoms with E-state index >= 15 is 0 Å². The van der Waals surface area contributed by atoms with Gasteiger partial charge in [0.05, 0.1) is 23.9 Å². The van der Waals surface area contributed by atoms with Gasteiger partial charge in [-0.3, -0.25) is 9.48 Å². The number of aryl methyl sites for hydroxylation is 1. The number of nitrogens with zero attached hydrogens (tertiary/aromatic N) is 4. The Balaban J connectivity index is 1.88. The zero-order valence-electron chi connectivity index (χ0n) is 13.2. The lowest BCUT2D eigenvalue weighted by molar-refractivity contribution is 0.0728. The van der Waals surface area contributed by atoms with E-state index in [0.29, 0.717) is 24.1 Å². The molecule has 1 aliphatic rings. The third-order valence-corrected chi connectivity index (χ3v) is 4.24. The molecule has 1 atom stereocenters. The molecule has 1 saturated heterocycles. The highest BCUT2D eigenvalue weighted by atomic mass is 35.5. The molecule has 0 radical (unpaired) electrons. The molecule has 2 aromatic heterocycles. The highest BCUT2D eigenvalue weighted by Gasteiger charge is 2.33. The van der Waals surface area contributed by atoms with Gasteiger partial charge in [0.25, 0.3) is 5.91 Å². The average Bonchev–Trinajstić information content (AvgIpc) is 3.17. The fraction of sp³-hybridized carbons (Fsp3) is 0.438. The molecule has 0 aromatic carbocycles. The maximum Gasteiger partial charge on any atom is 0.274 e. The van der Waals surface area contributed by atoms with Crippen LogP contribution in [0, 0.1) is 0 Å². The zero-order chi connectivity index (χ0) is 16.4. The van der Waals surface area contributed by atoms with Gasteiger partial charge in [-0.1, -0.05) is 11.6 Å². The van der Waals surface area contributed by atoms with Crippen molar-refractivity contribution in [3.8, 4) is 5.88 Å². The van der Waals surface area contributed by atoms with E-state index < -0.39 is 0 Å². The number of pyridine rings is 1. The van der Waals surface area contributed by atoms with Crippen molar-refractivity contribution in [2.45, 2.75) is 25.8 Å². The van der Waals surface area contributed by atoms with E-state index in [2.05, 4.69) is 10.1 Å². The van der Waals surface area contributed by atoms with Gasteiger partial charge >= 0.3 is 0 Å². The van der Waals surface area contributed by atoms with Gasteiger partial charge < -0.3 is 9.64 Å². The largest absolute Gasteiger partial charge is 0.478 e. The van der Waals surface area contributed by atoms with Crippen LogP contribution >= 0.6 is 11.6 Å². The fourth-order valence-corrected chi connectivity index (χ4v) is 3.09. The minimum absolute atomic E-state index is 0.0183. The van der Waals surface area contributed by atoms with Gasteiger partial charge in [-0.15, -0.1) is 0 Å². The van der Waals surface area contributed by atoms with E-state index in [1.54, 1.807) is 16.8 Å². The first-order valence-corrected chi connectivity index (χ1v) is 8.06. The Morgan fingerprint density at radius 2 is 2.30 bits per heavy atom. The molecular formula is C16H19ClN4O2. The van der Waals surface area contributed by atoms with Crippen LogP contribution in [0.25, 0.3) is 0 Å². The zero-order valence-corrected chi connectivity index (χ0v) is 14.0. The standard InChI is InChI=1S/C16H19ClN4O2/c1-3-23-14-7-6-12(17)15(19-14)16(22)21-8-4-5-13(21)11-9-18-20(2)10-11/h6-7,9-10,13H,3-5,8H2,1-2H3/t13-/m1/s1. The molecular weight excluding hydrogens is 316 g/mol. The molecule has 0 N–H and O–H groups in total. The molecule has 0 bridgehead atoms. The van der Waals surface area contributed by atoms with Crippen LogP contribution in [-0.4, -0.2) is 38.7 Å². The summed E-state index contributed by atoms with van der Waals surface area (Å²) < 4.78 is 7.12. The Kier molecular flexibility index (Phi) is 4.52. The molecule has 7 heteroatoms. The molecule has 3 heterocycles. The summed E-state index contributed by atoms with van der Waals surface area (Å²) in [5.74, 6) is 0.250. The third-order valence-electron chi connectivity index (χ3n) is 3.94. The highest BCUT2D eigenvalue weighted by molar-refractivity contribution is 6.33. The van der Waals surface area contributed by atoms with Gasteiger partial charge in [0.15, 0.2) is 5.69 Å². The molecule has 1 fully saturated rings. The van der Waals surface area contributed by atoms with Gasteiger partial charge in [-0.05, 0) is 25.8 Å². The van der Waals surface area contributed by atoms with Gasteiger partial charge in [0, 0.05) is 31.4 Å². The molecule has 122 valence electrons. The van der Waals surface area contributed by atoms with Crippen molar-refractivity contribution in [1.29, 1.82) is 0 Å². The molecule has 23 heavy (non-hydrogen) atoms. The van der Waals surface area contributed by atoms with E-state index in [9.17, 15) is 4.79 Å². The normalized spacial score (nSPS) is 17.5. The summed E-state index contributed by atoms with van der Waals surface area (Å²) in [6.07, 6.45) is 5.62. The lowest BCUT2D eigenvalue weighted by Crippen LogP contribution is -2.31. The Morgan fingerprint density at radius 1 is 1.48 bits per heavy atom. The fourth-order valence-electron chi connectivity index (χ4n) is 2.91. The molecule has 3 rings (SSSR count). The Hall–Kier alpha value is -2.08. The summed E-state index contributed by atoms with van der Waals surface area (Å²) in [6, 6.07) is 3.34. The van der Waals surface area contributed by atoms with Crippen LogP contribution in [0.4, 0.5) is 0 Å². The second-order valence-electron chi connectivity index (χ2n) is 5.52. The van der Waals surface area contributed by atoms with Gasteiger partial charge in [-0.2, -0.15) is 5.10 Å². The molecule has 0 aliphatic carbocycles. The monoisotopic (exact) mass is 334 g/mol. The van der Waals surface area contributed by atoms with Crippen LogP contribution in [0.2, 0.25) is 5.02 Å². The van der Waals surface area contributed by atoms with E-state index in [1.807, 2.05) is 31.3 Å². The third kappa shape index (κ3) is 3.17. The van der Waals surface area contributed by atoms with Crippen LogP contribution < -0.4 is 4.74 Å². The summed E-state index contributed by atoms with van der Waals surface area (Å²) in [5, 5.41) is 4.54. The quantitative estimate of drug-likeness (QED) is 0.862. The summed E-state index contributed by atoms with van der Waals surface area (Å²) in [7, 11) is 1.87. The molecule has 0 spiro atoms. The second-order valence-corrected chi connectivity index (χ2v) is 5.92. The first kappa shape index (κ1) is 15.8. The average molecular weight is 335 g/mol. The minimum Gasteiger partial charge on any atom is -0.478 e. The number of carbonyl (C=O) groups is 1. The van der Waals surface area contributed by atoms with Crippen LogP contribution in [0.15, 0.2) is 24.5 Å². The van der Waals surface area contributed by atoms with E-state index in [4.69, 9.17) is 16.3 Å². The maximum absolute atomic E-state index is 12.9. The van der Waals surface area contributed by atoms with Crippen LogP contribution in [0.5, 0.6) is 5.88 Å². The summed E-state index contributed by atoms with van der Waals surface area (Å²) >= 11 is 6.19. The Morgan fingerprint density at radius 3 is 3.00 bits per heavy atom. The lowest BCUT2D eigenvalue weighted by atomic mass is 10.1. The lowest BCUT2D eigenvalue weighted by Gasteiger charge is -2.24. The summed E-state index contributed by atoms with van der Waals surface area (Å²) in [6.45, 7) is 3.05. The van der Waals surface area contributed by atoms with E-state index in [0.717, 1.165) is 18.4 Å². The first-order chi connectivity index (χ1) is 11.1. The van der Waals surface area contributed by atoms with Crippen LogP contribution in [0.3, 0.4) is 0 Å². The molecule has 6 nitrogen and oxygen atoms in total. The number of rotatable bonds is 4. The minimum atomic E-state index is -0.164. The van der Waals surface area contributed by atoms with Crippen LogP contribution in [0.1, 0.15) is 41.9 Å². The van der Waals surface area contributed by atoms with Gasteiger partial charge in [0.1, 0.15) is 0 Å². The number of aromatic nitrogens is 3. The van der Waals surface area contributed by atoms with E-state index in [-0.39, 0.29) is 17.6 Å². The van der Waals surface area contributed by atoms with Crippen molar-refractivity contribution in [2.24, 2.45) is 7.05 Å². The number of halogens is 1. The molecule has 1 aliphatic heterocycles. The first-order valence-electron chi connectivity index (χ1n) is 7.69. The maximum atomic E-state index is 12.9. The van der Waals surface area contributed by atoms with E-state index in [1.165, 1.54) is 0 Å². The summed E-state index contributed by atoms with van der Waals surface area (Å²) in [4.78, 5) is 19.0. The topological polar surface area (TPSA) is 60.2 Å².